The lowest BCUT2D eigenvalue weighted by atomic mass is 10.0. The van der Waals surface area contributed by atoms with Gasteiger partial charge in [-0.3, -0.25) is 4.99 Å². The second-order valence-electron chi connectivity index (χ2n) is 5.31. The highest BCUT2D eigenvalue weighted by atomic mass is 32.2. The number of aliphatic imine (C=N–C) groups is 1. The molecule has 23 heavy (non-hydrogen) atoms. The summed E-state index contributed by atoms with van der Waals surface area (Å²) in [6.45, 7) is 0. The van der Waals surface area contributed by atoms with Crippen molar-refractivity contribution in [3.8, 4) is 0 Å². The largest absolute Gasteiger partial charge is 0.256 e. The van der Waals surface area contributed by atoms with Gasteiger partial charge in [-0.25, -0.2) is 9.97 Å². The molecule has 1 aliphatic rings. The van der Waals surface area contributed by atoms with Gasteiger partial charge in [0, 0.05) is 12.6 Å². The molecule has 0 atom stereocenters. The maximum atomic E-state index is 4.48. The van der Waals surface area contributed by atoms with Gasteiger partial charge in [-0.05, 0) is 11.1 Å². The summed E-state index contributed by atoms with van der Waals surface area (Å²) in [4.78, 5) is 13.3. The van der Waals surface area contributed by atoms with Crippen LogP contribution in [0.5, 0.6) is 0 Å². The molecule has 0 aliphatic carbocycles. The molecule has 2 aromatic carbocycles. The van der Waals surface area contributed by atoms with E-state index in [-0.39, 0.29) is 5.25 Å². The average molecular weight is 317 g/mol. The van der Waals surface area contributed by atoms with Crippen LogP contribution < -0.4 is 0 Å². The Morgan fingerprint density at radius 1 is 0.826 bits per heavy atom. The standard InChI is InChI=1S/C19H15N3S/c1-3-7-14(8-4-1)18(15-9-5-2-6-10-15)23-19-17-16(11-12-20-17)21-13-22-19/h1-10,12-13,18H,11H2. The molecule has 0 radical (unpaired) electrons. The molecule has 1 aromatic heterocycles. The van der Waals surface area contributed by atoms with Crippen LogP contribution in [0.25, 0.3) is 0 Å². The van der Waals surface area contributed by atoms with Crippen LogP contribution in [0.2, 0.25) is 0 Å². The average Bonchev–Trinajstić information content (AvgIpc) is 3.11. The molecule has 0 unspecified atom stereocenters. The second-order valence-corrected chi connectivity index (χ2v) is 6.40. The molecule has 3 aromatic rings. The van der Waals surface area contributed by atoms with Crippen molar-refractivity contribution in [3.63, 3.8) is 0 Å². The third-order valence-corrected chi connectivity index (χ3v) is 5.11. The molecule has 0 bridgehead atoms. The lowest BCUT2D eigenvalue weighted by molar-refractivity contribution is 0.998. The molecule has 0 N–H and O–H groups in total. The summed E-state index contributed by atoms with van der Waals surface area (Å²) in [6, 6.07) is 21.0. The van der Waals surface area contributed by atoms with Crippen molar-refractivity contribution < 1.29 is 0 Å². The fraction of sp³-hybridized carbons (Fsp3) is 0.105. The zero-order valence-corrected chi connectivity index (χ0v) is 13.3. The van der Waals surface area contributed by atoms with E-state index >= 15 is 0 Å². The number of hydrogen-bond donors (Lipinski definition) is 0. The summed E-state index contributed by atoms with van der Waals surface area (Å²) in [5.74, 6) is 0. The minimum Gasteiger partial charge on any atom is -0.256 e. The molecule has 3 nitrogen and oxygen atoms in total. The summed E-state index contributed by atoms with van der Waals surface area (Å²) >= 11 is 1.74. The molecule has 0 saturated heterocycles. The molecule has 4 rings (SSSR count). The summed E-state index contributed by atoms with van der Waals surface area (Å²) in [7, 11) is 0. The van der Waals surface area contributed by atoms with Crippen molar-refractivity contribution in [2.24, 2.45) is 4.99 Å². The minimum absolute atomic E-state index is 0.187. The second kappa shape index (κ2) is 6.34. The Hall–Kier alpha value is -2.46. The van der Waals surface area contributed by atoms with Crippen LogP contribution >= 0.6 is 11.8 Å². The maximum absolute atomic E-state index is 4.48. The van der Waals surface area contributed by atoms with Crippen molar-refractivity contribution in [3.05, 3.63) is 83.8 Å². The number of thioether (sulfide) groups is 1. The highest BCUT2D eigenvalue weighted by Gasteiger charge is 2.21. The zero-order valence-electron chi connectivity index (χ0n) is 12.5. The smallest absolute Gasteiger partial charge is 0.126 e. The van der Waals surface area contributed by atoms with E-state index < -0.39 is 0 Å². The van der Waals surface area contributed by atoms with Crippen LogP contribution in [0.1, 0.15) is 22.1 Å². The van der Waals surface area contributed by atoms with Gasteiger partial charge in [-0.15, -0.1) is 0 Å². The first kappa shape index (κ1) is 14.2. The third kappa shape index (κ3) is 2.90. The van der Waals surface area contributed by atoms with Gasteiger partial charge in [-0.2, -0.15) is 0 Å². The quantitative estimate of drug-likeness (QED) is 0.520. The Balaban J connectivity index is 1.75. The third-order valence-electron chi connectivity index (χ3n) is 3.80. The molecule has 0 amide bonds. The number of aromatic nitrogens is 2. The van der Waals surface area contributed by atoms with E-state index in [2.05, 4.69) is 63.5 Å². The van der Waals surface area contributed by atoms with Gasteiger partial charge in [0.2, 0.25) is 0 Å². The van der Waals surface area contributed by atoms with Crippen LogP contribution in [-0.4, -0.2) is 16.2 Å². The molecular weight excluding hydrogens is 302 g/mol. The summed E-state index contributed by atoms with van der Waals surface area (Å²) in [5.41, 5.74) is 4.47. The molecule has 1 aliphatic heterocycles. The molecule has 0 saturated carbocycles. The lowest BCUT2D eigenvalue weighted by Crippen LogP contribution is -1.98. The monoisotopic (exact) mass is 317 g/mol. The SMILES string of the molecule is C1=Nc2c(ncnc2SC(c2ccccc2)c2ccccc2)C1. The van der Waals surface area contributed by atoms with E-state index in [1.807, 2.05) is 18.3 Å². The van der Waals surface area contributed by atoms with Crippen molar-refractivity contribution in [2.75, 3.05) is 0 Å². The first-order valence-electron chi connectivity index (χ1n) is 7.55. The van der Waals surface area contributed by atoms with Crippen molar-refractivity contribution in [1.82, 2.24) is 9.97 Å². The van der Waals surface area contributed by atoms with Gasteiger partial charge in [0.05, 0.1) is 10.9 Å². The molecule has 2 heterocycles. The van der Waals surface area contributed by atoms with Crippen LogP contribution in [0.15, 0.2) is 77.0 Å². The van der Waals surface area contributed by atoms with Crippen molar-refractivity contribution in [1.29, 1.82) is 0 Å². The number of hydrogen-bond acceptors (Lipinski definition) is 4. The van der Waals surface area contributed by atoms with Gasteiger partial charge < -0.3 is 0 Å². The fourth-order valence-corrected chi connectivity index (χ4v) is 3.88. The van der Waals surface area contributed by atoms with Gasteiger partial charge in [0.1, 0.15) is 17.0 Å². The zero-order chi connectivity index (χ0) is 15.5. The molecule has 0 fully saturated rings. The van der Waals surface area contributed by atoms with E-state index in [0.29, 0.717) is 0 Å². The Labute approximate surface area is 139 Å². The fourth-order valence-electron chi connectivity index (χ4n) is 2.68. The van der Waals surface area contributed by atoms with E-state index in [0.717, 1.165) is 22.8 Å². The summed E-state index contributed by atoms with van der Waals surface area (Å²) in [5, 5.41) is 1.13. The van der Waals surface area contributed by atoms with Gasteiger partial charge in [0.15, 0.2) is 0 Å². The van der Waals surface area contributed by atoms with Crippen molar-refractivity contribution in [2.45, 2.75) is 16.7 Å². The maximum Gasteiger partial charge on any atom is 0.126 e. The Morgan fingerprint density at radius 3 is 2.13 bits per heavy atom. The van der Waals surface area contributed by atoms with Crippen LogP contribution in [0.4, 0.5) is 5.69 Å². The van der Waals surface area contributed by atoms with Crippen LogP contribution in [-0.2, 0) is 6.42 Å². The van der Waals surface area contributed by atoms with Gasteiger partial charge in [0.25, 0.3) is 0 Å². The van der Waals surface area contributed by atoms with Gasteiger partial charge in [-0.1, -0.05) is 72.4 Å². The minimum atomic E-state index is 0.187. The molecule has 112 valence electrons. The normalized spacial score (nSPS) is 12.6. The number of nitrogens with zero attached hydrogens (tertiary/aromatic N) is 3. The van der Waals surface area contributed by atoms with Gasteiger partial charge >= 0.3 is 0 Å². The van der Waals surface area contributed by atoms with Crippen LogP contribution in [0, 0.1) is 0 Å². The summed E-state index contributed by atoms with van der Waals surface area (Å²) < 4.78 is 0. The van der Waals surface area contributed by atoms with E-state index in [1.165, 1.54) is 11.1 Å². The van der Waals surface area contributed by atoms with E-state index in [1.54, 1.807) is 18.1 Å². The highest BCUT2D eigenvalue weighted by molar-refractivity contribution is 7.99. The molecular formula is C19H15N3S. The number of benzene rings is 2. The number of fused-ring (bicyclic) bond motifs is 1. The molecule has 4 heteroatoms. The number of rotatable bonds is 4. The van der Waals surface area contributed by atoms with E-state index in [4.69, 9.17) is 0 Å². The van der Waals surface area contributed by atoms with Crippen LogP contribution in [0.3, 0.4) is 0 Å². The Bertz CT molecular complexity index is 792. The first-order valence-corrected chi connectivity index (χ1v) is 8.43. The summed E-state index contributed by atoms with van der Waals surface area (Å²) in [6.07, 6.45) is 4.35. The molecule has 0 spiro atoms. The topological polar surface area (TPSA) is 38.1 Å². The first-order chi connectivity index (χ1) is 11.4. The predicted molar refractivity (Wildman–Crippen MR) is 94.5 cm³/mol. The Morgan fingerprint density at radius 2 is 1.48 bits per heavy atom. The predicted octanol–water partition coefficient (Wildman–Crippen LogP) is 4.62. The lowest BCUT2D eigenvalue weighted by Gasteiger charge is -2.18. The van der Waals surface area contributed by atoms with E-state index in [9.17, 15) is 0 Å². The highest BCUT2D eigenvalue weighted by Crippen LogP contribution is 2.44. The Kier molecular flexibility index (Phi) is 3.90. The van der Waals surface area contributed by atoms with Crippen molar-refractivity contribution >= 4 is 23.7 Å².